The number of aromatic nitrogens is 6. The van der Waals surface area contributed by atoms with Gasteiger partial charge in [-0.25, -0.2) is 4.68 Å². The van der Waals surface area contributed by atoms with Crippen molar-refractivity contribution in [3.63, 3.8) is 0 Å². The summed E-state index contributed by atoms with van der Waals surface area (Å²) in [5.41, 5.74) is 1.53. The van der Waals surface area contributed by atoms with Gasteiger partial charge >= 0.3 is 0 Å². The molecule has 0 amide bonds. The van der Waals surface area contributed by atoms with Crippen LogP contribution in [0.3, 0.4) is 0 Å². The molecule has 0 saturated carbocycles. The summed E-state index contributed by atoms with van der Waals surface area (Å²) in [6, 6.07) is 7.61. The third-order valence-electron chi connectivity index (χ3n) is 2.80. The Hall–Kier alpha value is -2.57. The van der Waals surface area contributed by atoms with E-state index in [9.17, 15) is 0 Å². The van der Waals surface area contributed by atoms with Crippen LogP contribution in [0.5, 0.6) is 0 Å². The van der Waals surface area contributed by atoms with Crippen LogP contribution in [-0.2, 0) is 5.41 Å². The molecule has 0 saturated heterocycles. The summed E-state index contributed by atoms with van der Waals surface area (Å²) >= 11 is 0. The number of rotatable bonds is 2. The molecule has 0 spiro atoms. The quantitative estimate of drug-likeness (QED) is 0.708. The van der Waals surface area contributed by atoms with Gasteiger partial charge in [-0.2, -0.15) is 4.98 Å². The zero-order valence-corrected chi connectivity index (χ0v) is 11.5. The fourth-order valence-electron chi connectivity index (χ4n) is 1.71. The molecular formula is C13H14N6O. The number of tetrazole rings is 1. The van der Waals surface area contributed by atoms with Crippen LogP contribution in [0.1, 0.15) is 26.6 Å². The van der Waals surface area contributed by atoms with Crippen molar-refractivity contribution >= 4 is 0 Å². The fourth-order valence-corrected chi connectivity index (χ4v) is 1.71. The van der Waals surface area contributed by atoms with E-state index in [1.807, 2.05) is 45.0 Å². The molecule has 102 valence electrons. The van der Waals surface area contributed by atoms with Crippen molar-refractivity contribution in [2.75, 3.05) is 0 Å². The van der Waals surface area contributed by atoms with Gasteiger partial charge in [-0.05, 0) is 28.6 Å². The summed E-state index contributed by atoms with van der Waals surface area (Å²) in [6.45, 7) is 6.12. The lowest BCUT2D eigenvalue weighted by Crippen LogP contribution is -2.13. The Labute approximate surface area is 115 Å². The highest BCUT2D eigenvalue weighted by Gasteiger charge is 2.21. The largest absolute Gasteiger partial charge is 0.334 e. The molecule has 2 heterocycles. The molecular weight excluding hydrogens is 256 g/mol. The number of benzene rings is 1. The lowest BCUT2D eigenvalue weighted by molar-refractivity contribution is 0.402. The van der Waals surface area contributed by atoms with E-state index in [4.69, 9.17) is 4.52 Å². The second-order valence-corrected chi connectivity index (χ2v) is 5.48. The number of hydrogen-bond acceptors (Lipinski definition) is 6. The first kappa shape index (κ1) is 12.5. The minimum absolute atomic E-state index is 0.144. The number of hydrogen-bond donors (Lipinski definition) is 0. The van der Waals surface area contributed by atoms with Gasteiger partial charge in [-0.1, -0.05) is 32.0 Å². The smallest absolute Gasteiger partial charge is 0.258 e. The molecule has 0 atom stereocenters. The maximum Gasteiger partial charge on any atom is 0.258 e. The predicted octanol–water partition coefficient (Wildman–Crippen LogP) is 2.01. The van der Waals surface area contributed by atoms with Crippen LogP contribution >= 0.6 is 0 Å². The zero-order chi connectivity index (χ0) is 14.2. The van der Waals surface area contributed by atoms with E-state index in [1.165, 1.54) is 6.33 Å². The SMILES string of the molecule is CC(C)(C)c1noc(-c2cccc(-n3cnnn3)c2)n1. The van der Waals surface area contributed by atoms with Crippen LogP contribution < -0.4 is 0 Å². The summed E-state index contributed by atoms with van der Waals surface area (Å²) in [6.07, 6.45) is 1.54. The van der Waals surface area contributed by atoms with E-state index in [-0.39, 0.29) is 5.41 Å². The van der Waals surface area contributed by atoms with Crippen LogP contribution in [0.15, 0.2) is 35.1 Å². The van der Waals surface area contributed by atoms with E-state index >= 15 is 0 Å². The second-order valence-electron chi connectivity index (χ2n) is 5.48. The topological polar surface area (TPSA) is 82.5 Å². The summed E-state index contributed by atoms with van der Waals surface area (Å²) < 4.78 is 6.90. The summed E-state index contributed by atoms with van der Waals surface area (Å²) in [5.74, 6) is 1.17. The van der Waals surface area contributed by atoms with Crippen molar-refractivity contribution in [3.05, 3.63) is 36.4 Å². The van der Waals surface area contributed by atoms with Crippen molar-refractivity contribution in [2.45, 2.75) is 26.2 Å². The molecule has 0 fully saturated rings. The molecule has 0 N–H and O–H groups in total. The fraction of sp³-hybridized carbons (Fsp3) is 0.308. The molecule has 0 bridgehead atoms. The van der Waals surface area contributed by atoms with Crippen molar-refractivity contribution in [1.82, 2.24) is 30.3 Å². The Morgan fingerprint density at radius 2 is 2.05 bits per heavy atom. The maximum atomic E-state index is 5.33. The van der Waals surface area contributed by atoms with Crippen LogP contribution in [0.25, 0.3) is 17.1 Å². The van der Waals surface area contributed by atoms with Gasteiger partial charge in [-0.3, -0.25) is 0 Å². The third kappa shape index (κ3) is 2.29. The molecule has 0 radical (unpaired) electrons. The average molecular weight is 270 g/mol. The molecule has 2 aromatic heterocycles. The third-order valence-corrected chi connectivity index (χ3v) is 2.80. The lowest BCUT2D eigenvalue weighted by Gasteiger charge is -2.10. The molecule has 0 aliphatic carbocycles. The number of nitrogens with zero attached hydrogens (tertiary/aromatic N) is 6. The molecule has 20 heavy (non-hydrogen) atoms. The predicted molar refractivity (Wildman–Crippen MR) is 71.1 cm³/mol. The summed E-state index contributed by atoms with van der Waals surface area (Å²) in [7, 11) is 0. The molecule has 0 unspecified atom stereocenters. The van der Waals surface area contributed by atoms with Gasteiger partial charge in [0.2, 0.25) is 0 Å². The van der Waals surface area contributed by atoms with E-state index in [1.54, 1.807) is 4.68 Å². The Kier molecular flexibility index (Phi) is 2.81. The standard InChI is InChI=1S/C13H14N6O/c1-13(2,3)12-15-11(20-16-12)9-5-4-6-10(7-9)19-8-14-17-18-19/h4-8H,1-3H3. The van der Waals surface area contributed by atoms with Gasteiger partial charge < -0.3 is 4.52 Å². The summed E-state index contributed by atoms with van der Waals surface area (Å²) in [4.78, 5) is 4.44. The van der Waals surface area contributed by atoms with Gasteiger partial charge in [0.15, 0.2) is 5.82 Å². The van der Waals surface area contributed by atoms with Crippen molar-refractivity contribution in [1.29, 1.82) is 0 Å². The van der Waals surface area contributed by atoms with Crippen LogP contribution in [0.2, 0.25) is 0 Å². The highest BCUT2D eigenvalue weighted by Crippen LogP contribution is 2.24. The molecule has 7 heteroatoms. The van der Waals surface area contributed by atoms with Crippen LogP contribution in [-0.4, -0.2) is 30.3 Å². The molecule has 3 rings (SSSR count). The van der Waals surface area contributed by atoms with E-state index < -0.39 is 0 Å². The minimum Gasteiger partial charge on any atom is -0.334 e. The molecule has 3 aromatic rings. The Bertz CT molecular complexity index is 711. The lowest BCUT2D eigenvalue weighted by atomic mass is 9.96. The highest BCUT2D eigenvalue weighted by molar-refractivity contribution is 5.57. The molecule has 0 aliphatic heterocycles. The Morgan fingerprint density at radius 3 is 2.70 bits per heavy atom. The van der Waals surface area contributed by atoms with Crippen LogP contribution in [0.4, 0.5) is 0 Å². The maximum absolute atomic E-state index is 5.33. The van der Waals surface area contributed by atoms with Gasteiger partial charge in [-0.15, -0.1) is 5.10 Å². The van der Waals surface area contributed by atoms with Crippen molar-refractivity contribution in [2.24, 2.45) is 0 Å². The first-order valence-electron chi connectivity index (χ1n) is 6.22. The first-order valence-corrected chi connectivity index (χ1v) is 6.22. The second kappa shape index (κ2) is 4.52. The van der Waals surface area contributed by atoms with Crippen LogP contribution in [0, 0.1) is 0 Å². The molecule has 1 aromatic carbocycles. The average Bonchev–Trinajstić information content (AvgIpc) is 3.10. The minimum atomic E-state index is -0.144. The Morgan fingerprint density at radius 1 is 1.20 bits per heavy atom. The van der Waals surface area contributed by atoms with E-state index in [0.717, 1.165) is 11.3 Å². The van der Waals surface area contributed by atoms with Gasteiger partial charge in [0.1, 0.15) is 6.33 Å². The Balaban J connectivity index is 1.99. The van der Waals surface area contributed by atoms with Gasteiger partial charge in [0, 0.05) is 11.0 Å². The van der Waals surface area contributed by atoms with Gasteiger partial charge in [0.25, 0.3) is 5.89 Å². The highest BCUT2D eigenvalue weighted by atomic mass is 16.5. The molecule has 0 aliphatic rings. The van der Waals surface area contributed by atoms with Gasteiger partial charge in [0.05, 0.1) is 5.69 Å². The van der Waals surface area contributed by atoms with Crippen molar-refractivity contribution in [3.8, 4) is 17.1 Å². The molecule has 7 nitrogen and oxygen atoms in total. The van der Waals surface area contributed by atoms with E-state index in [0.29, 0.717) is 11.7 Å². The van der Waals surface area contributed by atoms with E-state index in [2.05, 4.69) is 25.7 Å². The zero-order valence-electron chi connectivity index (χ0n) is 11.5. The monoisotopic (exact) mass is 270 g/mol. The first-order chi connectivity index (χ1) is 9.54. The normalized spacial score (nSPS) is 11.8. The van der Waals surface area contributed by atoms with Crippen molar-refractivity contribution < 1.29 is 4.52 Å². The summed E-state index contributed by atoms with van der Waals surface area (Å²) in [5, 5.41) is 15.1.